The number of hydrogen-bond acceptors (Lipinski definition) is 5. The van der Waals surface area contributed by atoms with Crippen molar-refractivity contribution < 1.29 is 19.1 Å². The van der Waals surface area contributed by atoms with Crippen LogP contribution in [-0.2, 0) is 9.53 Å². The van der Waals surface area contributed by atoms with E-state index in [0.717, 1.165) is 0 Å². The maximum absolute atomic E-state index is 11.7. The summed E-state index contributed by atoms with van der Waals surface area (Å²) in [5.41, 5.74) is 0.203. The molecule has 1 heterocycles. The van der Waals surface area contributed by atoms with Gasteiger partial charge < -0.3 is 10.1 Å². The van der Waals surface area contributed by atoms with Crippen LogP contribution in [-0.4, -0.2) is 36.0 Å². The van der Waals surface area contributed by atoms with Crippen molar-refractivity contribution in [2.45, 2.75) is 13.0 Å². The van der Waals surface area contributed by atoms with Gasteiger partial charge in [0.2, 0.25) is 0 Å². The molecule has 102 valence electrons. The smallest absolute Gasteiger partial charge is 0.340 e. The lowest BCUT2D eigenvalue weighted by molar-refractivity contribution is -0.127. The Morgan fingerprint density at radius 2 is 2.05 bits per heavy atom. The first kappa shape index (κ1) is 15.1. The molecule has 1 aromatic heterocycles. The Kier molecular flexibility index (Phi) is 5.43. The molecule has 8 heteroatoms. The molecule has 1 atom stereocenters. The number of amides is 3. The van der Waals surface area contributed by atoms with E-state index >= 15 is 0 Å². The Morgan fingerprint density at radius 1 is 1.37 bits per heavy atom. The van der Waals surface area contributed by atoms with Gasteiger partial charge in [0.25, 0.3) is 5.91 Å². The van der Waals surface area contributed by atoms with Crippen LogP contribution in [0.1, 0.15) is 17.3 Å². The van der Waals surface area contributed by atoms with E-state index in [1.54, 1.807) is 0 Å². The van der Waals surface area contributed by atoms with Crippen molar-refractivity contribution in [2.24, 2.45) is 0 Å². The summed E-state index contributed by atoms with van der Waals surface area (Å²) in [6.45, 7) is 1.36. The number of carbonyl (C=O) groups excluding carboxylic acids is 3. The lowest BCUT2D eigenvalue weighted by atomic mass is 10.3. The van der Waals surface area contributed by atoms with Crippen molar-refractivity contribution in [2.75, 3.05) is 7.05 Å². The topological polar surface area (TPSA) is 97.4 Å². The van der Waals surface area contributed by atoms with Gasteiger partial charge in [-0.25, -0.2) is 9.59 Å². The Balaban J connectivity index is 2.61. The zero-order valence-corrected chi connectivity index (χ0v) is 11.9. The van der Waals surface area contributed by atoms with E-state index < -0.39 is 24.0 Å². The highest BCUT2D eigenvalue weighted by atomic mass is 79.9. The van der Waals surface area contributed by atoms with Gasteiger partial charge in [-0.15, -0.1) is 0 Å². The van der Waals surface area contributed by atoms with Gasteiger partial charge in [-0.2, -0.15) is 0 Å². The fourth-order valence-corrected chi connectivity index (χ4v) is 1.45. The van der Waals surface area contributed by atoms with Crippen molar-refractivity contribution in [3.05, 3.63) is 28.5 Å². The second kappa shape index (κ2) is 6.83. The van der Waals surface area contributed by atoms with E-state index in [1.807, 2.05) is 5.32 Å². The Hall–Kier alpha value is -1.96. The highest BCUT2D eigenvalue weighted by Gasteiger charge is 2.20. The van der Waals surface area contributed by atoms with Gasteiger partial charge in [-0.1, -0.05) is 0 Å². The summed E-state index contributed by atoms with van der Waals surface area (Å²) in [5, 5.41) is 4.22. The van der Waals surface area contributed by atoms with Gasteiger partial charge >= 0.3 is 12.0 Å². The minimum absolute atomic E-state index is 0.203. The Bertz CT molecular complexity index is 506. The molecule has 0 saturated carbocycles. The second-order valence-corrected chi connectivity index (χ2v) is 4.42. The molecule has 19 heavy (non-hydrogen) atoms. The minimum atomic E-state index is -1.09. The van der Waals surface area contributed by atoms with Crippen molar-refractivity contribution in [1.29, 1.82) is 0 Å². The number of hydrogen-bond donors (Lipinski definition) is 2. The maximum Gasteiger partial charge on any atom is 0.340 e. The lowest BCUT2D eigenvalue weighted by Crippen LogP contribution is -2.43. The number of rotatable bonds is 3. The van der Waals surface area contributed by atoms with E-state index in [1.165, 1.54) is 32.4 Å². The minimum Gasteiger partial charge on any atom is -0.449 e. The zero-order chi connectivity index (χ0) is 14.4. The standard InChI is InChI=1S/C11H12BrN3O4/c1-6(9(16)15-11(18)13-2)19-10(17)7-3-8(12)5-14-4-7/h3-6H,1-2H3,(H2,13,15,16,18)/t6-/m1/s1. The predicted molar refractivity (Wildman–Crippen MR) is 69.4 cm³/mol. The summed E-state index contributed by atoms with van der Waals surface area (Å²) >= 11 is 3.17. The molecule has 0 spiro atoms. The van der Waals surface area contributed by atoms with Gasteiger partial charge in [0.05, 0.1) is 5.56 Å². The van der Waals surface area contributed by atoms with Gasteiger partial charge in [0.15, 0.2) is 6.10 Å². The summed E-state index contributed by atoms with van der Waals surface area (Å²) < 4.78 is 5.52. The van der Waals surface area contributed by atoms with E-state index in [2.05, 4.69) is 26.2 Å². The third kappa shape index (κ3) is 4.66. The number of urea groups is 1. The average molecular weight is 330 g/mol. The third-order valence-electron chi connectivity index (χ3n) is 2.06. The zero-order valence-electron chi connectivity index (χ0n) is 10.3. The van der Waals surface area contributed by atoms with Crippen molar-refractivity contribution >= 4 is 33.8 Å². The van der Waals surface area contributed by atoms with Crippen molar-refractivity contribution in [3.63, 3.8) is 0 Å². The highest BCUT2D eigenvalue weighted by Crippen LogP contribution is 2.11. The van der Waals surface area contributed by atoms with Crippen LogP contribution in [0.5, 0.6) is 0 Å². The van der Waals surface area contributed by atoms with Crippen molar-refractivity contribution in [1.82, 2.24) is 15.6 Å². The predicted octanol–water partition coefficient (Wildman–Crippen LogP) is 0.845. The van der Waals surface area contributed by atoms with E-state index in [4.69, 9.17) is 4.74 Å². The Labute approximate surface area is 117 Å². The maximum atomic E-state index is 11.7. The number of nitrogens with one attached hydrogen (secondary N) is 2. The van der Waals surface area contributed by atoms with Gasteiger partial charge in [0, 0.05) is 23.9 Å². The van der Waals surface area contributed by atoms with E-state index in [0.29, 0.717) is 4.47 Å². The van der Waals surface area contributed by atoms with Gasteiger partial charge in [0.1, 0.15) is 0 Å². The molecule has 0 unspecified atom stereocenters. The molecule has 0 fully saturated rings. The molecule has 0 aliphatic carbocycles. The van der Waals surface area contributed by atoms with Crippen LogP contribution in [0.4, 0.5) is 4.79 Å². The van der Waals surface area contributed by atoms with E-state index in [-0.39, 0.29) is 5.56 Å². The summed E-state index contributed by atoms with van der Waals surface area (Å²) in [5.74, 6) is -1.41. The number of aromatic nitrogens is 1. The first-order valence-electron chi connectivity index (χ1n) is 5.28. The molecule has 0 saturated heterocycles. The Morgan fingerprint density at radius 3 is 2.63 bits per heavy atom. The van der Waals surface area contributed by atoms with E-state index in [9.17, 15) is 14.4 Å². The summed E-state index contributed by atoms with van der Waals surface area (Å²) in [6.07, 6.45) is 1.73. The second-order valence-electron chi connectivity index (χ2n) is 3.51. The molecule has 0 bridgehead atoms. The third-order valence-corrected chi connectivity index (χ3v) is 2.49. The largest absolute Gasteiger partial charge is 0.449 e. The molecule has 3 amide bonds. The molecule has 0 aliphatic rings. The number of halogens is 1. The SMILES string of the molecule is CNC(=O)NC(=O)[C@@H](C)OC(=O)c1cncc(Br)c1. The molecule has 1 aromatic rings. The average Bonchev–Trinajstić information content (AvgIpc) is 2.38. The van der Waals surface area contributed by atoms with Crippen LogP contribution >= 0.6 is 15.9 Å². The summed E-state index contributed by atoms with van der Waals surface area (Å²) in [7, 11) is 1.37. The first-order valence-corrected chi connectivity index (χ1v) is 6.07. The highest BCUT2D eigenvalue weighted by molar-refractivity contribution is 9.10. The van der Waals surface area contributed by atoms with Crippen LogP contribution in [0.15, 0.2) is 22.9 Å². The van der Waals surface area contributed by atoms with Crippen LogP contribution < -0.4 is 10.6 Å². The van der Waals surface area contributed by atoms with Gasteiger partial charge in [-0.3, -0.25) is 15.1 Å². The lowest BCUT2D eigenvalue weighted by Gasteiger charge is -2.12. The normalized spacial score (nSPS) is 11.3. The van der Waals surface area contributed by atoms with Crippen molar-refractivity contribution in [3.8, 4) is 0 Å². The number of pyridine rings is 1. The molecule has 2 N–H and O–H groups in total. The van der Waals surface area contributed by atoms with Crippen LogP contribution in [0.2, 0.25) is 0 Å². The first-order chi connectivity index (χ1) is 8.93. The number of carbonyl (C=O) groups is 3. The number of nitrogens with zero attached hydrogens (tertiary/aromatic N) is 1. The number of ether oxygens (including phenoxy) is 1. The molecular weight excluding hydrogens is 318 g/mol. The van der Waals surface area contributed by atoms with Gasteiger partial charge in [-0.05, 0) is 28.9 Å². The monoisotopic (exact) mass is 329 g/mol. The van der Waals surface area contributed by atoms with Crippen LogP contribution in [0.25, 0.3) is 0 Å². The molecule has 7 nitrogen and oxygen atoms in total. The molecule has 0 radical (unpaired) electrons. The summed E-state index contributed by atoms with van der Waals surface area (Å²) in [4.78, 5) is 37.9. The molecule has 0 aromatic carbocycles. The molecular formula is C11H12BrN3O4. The fraction of sp³-hybridized carbons (Fsp3) is 0.273. The fourth-order valence-electron chi connectivity index (χ4n) is 1.08. The molecule has 0 aliphatic heterocycles. The number of imide groups is 1. The molecule has 1 rings (SSSR count). The number of esters is 1. The van der Waals surface area contributed by atoms with Crippen LogP contribution in [0, 0.1) is 0 Å². The van der Waals surface area contributed by atoms with Crippen LogP contribution in [0.3, 0.4) is 0 Å². The summed E-state index contributed by atoms with van der Waals surface area (Å²) in [6, 6.07) is 0.843. The quantitative estimate of drug-likeness (QED) is 0.801.